The normalized spacial score (nSPS) is 29.0. The highest BCUT2D eigenvalue weighted by Gasteiger charge is 2.39. The minimum absolute atomic E-state index is 0.0775. The van der Waals surface area contributed by atoms with Gasteiger partial charge in [0.2, 0.25) is 5.91 Å². The van der Waals surface area contributed by atoms with E-state index in [9.17, 15) is 9.90 Å². The van der Waals surface area contributed by atoms with Crippen LogP contribution in [0.3, 0.4) is 0 Å². The molecule has 0 aromatic rings. The van der Waals surface area contributed by atoms with Crippen molar-refractivity contribution in [2.45, 2.75) is 57.7 Å². The van der Waals surface area contributed by atoms with Crippen LogP contribution in [0, 0.1) is 5.92 Å². The van der Waals surface area contributed by atoms with E-state index < -0.39 is 0 Å². The van der Waals surface area contributed by atoms with Crippen LogP contribution in [0.4, 0.5) is 0 Å². The fraction of sp³-hybridized carbons (Fsp3) is 0.933. The van der Waals surface area contributed by atoms with Gasteiger partial charge in [0.05, 0.1) is 12.1 Å². The average Bonchev–Trinajstić information content (AvgIpc) is 2.81. The first-order valence-electron chi connectivity index (χ1n) is 7.87. The Labute approximate surface area is 121 Å². The Morgan fingerprint density at radius 1 is 1.40 bits per heavy atom. The molecule has 5 nitrogen and oxygen atoms in total. The molecule has 0 radical (unpaired) electrons. The van der Waals surface area contributed by atoms with Gasteiger partial charge in [0.15, 0.2) is 0 Å². The van der Waals surface area contributed by atoms with Crippen LogP contribution >= 0.6 is 0 Å². The van der Waals surface area contributed by atoms with Crippen LogP contribution < -0.4 is 5.32 Å². The van der Waals surface area contributed by atoms with E-state index in [1.165, 1.54) is 0 Å². The number of nitrogens with one attached hydrogen (secondary N) is 1. The highest BCUT2D eigenvalue weighted by molar-refractivity contribution is 5.82. The number of likely N-dealkylation sites (tertiary alicyclic amines) is 1. The molecule has 2 fully saturated rings. The lowest BCUT2D eigenvalue weighted by Crippen LogP contribution is -2.49. The maximum Gasteiger partial charge on any atom is 0.237 e. The van der Waals surface area contributed by atoms with Crippen molar-refractivity contribution in [2.24, 2.45) is 5.92 Å². The number of nitrogens with zero attached hydrogens (tertiary/aromatic N) is 1. The fourth-order valence-corrected chi connectivity index (χ4v) is 3.12. The lowest BCUT2D eigenvalue weighted by Gasteiger charge is -2.34. The second kappa shape index (κ2) is 7.38. The maximum atomic E-state index is 12.3. The summed E-state index contributed by atoms with van der Waals surface area (Å²) in [6, 6.07) is 0.210. The van der Waals surface area contributed by atoms with E-state index in [1.807, 2.05) is 0 Å². The molecule has 116 valence electrons. The van der Waals surface area contributed by atoms with E-state index in [0.717, 1.165) is 39.0 Å². The van der Waals surface area contributed by atoms with Gasteiger partial charge in [0, 0.05) is 32.3 Å². The topological polar surface area (TPSA) is 61.8 Å². The molecular formula is C15H28N2O3. The molecule has 2 N–H and O–H groups in total. The van der Waals surface area contributed by atoms with Gasteiger partial charge in [0.1, 0.15) is 0 Å². The third kappa shape index (κ3) is 4.17. The van der Waals surface area contributed by atoms with Crippen LogP contribution in [0.5, 0.6) is 0 Å². The molecule has 20 heavy (non-hydrogen) atoms. The second-order valence-electron chi connectivity index (χ2n) is 6.42. The number of aliphatic hydroxyl groups excluding tert-OH is 1. The molecule has 0 aromatic heterocycles. The van der Waals surface area contributed by atoms with Crippen LogP contribution in [0.2, 0.25) is 0 Å². The summed E-state index contributed by atoms with van der Waals surface area (Å²) < 4.78 is 5.38. The zero-order chi connectivity index (χ0) is 14.5. The van der Waals surface area contributed by atoms with Crippen molar-refractivity contribution >= 4 is 5.91 Å². The summed E-state index contributed by atoms with van der Waals surface area (Å²) in [5.74, 6) is 0.671. The molecule has 2 rings (SSSR count). The van der Waals surface area contributed by atoms with Gasteiger partial charge in [-0.15, -0.1) is 0 Å². The Balaban J connectivity index is 1.88. The van der Waals surface area contributed by atoms with Crippen molar-refractivity contribution < 1.29 is 14.6 Å². The SMILES string of the molecule is CC(C)CCNC(=O)[C@@H]1C[C@@H](O)CN1C1CCOCC1. The van der Waals surface area contributed by atoms with Gasteiger partial charge in [-0.05, 0) is 31.6 Å². The van der Waals surface area contributed by atoms with Crippen molar-refractivity contribution in [3.05, 3.63) is 0 Å². The summed E-state index contributed by atoms with van der Waals surface area (Å²) in [5, 5.41) is 12.9. The molecule has 2 saturated heterocycles. The molecule has 0 saturated carbocycles. The molecule has 2 aliphatic heterocycles. The number of ether oxygens (including phenoxy) is 1. The second-order valence-corrected chi connectivity index (χ2v) is 6.42. The molecule has 0 aliphatic carbocycles. The van der Waals surface area contributed by atoms with Gasteiger partial charge in [-0.25, -0.2) is 0 Å². The lowest BCUT2D eigenvalue weighted by molar-refractivity contribution is -0.127. The Kier molecular flexibility index (Phi) is 5.81. The third-order valence-corrected chi connectivity index (χ3v) is 4.30. The summed E-state index contributed by atoms with van der Waals surface area (Å²) in [5.41, 5.74) is 0. The maximum absolute atomic E-state index is 12.3. The molecule has 0 aromatic carbocycles. The fourth-order valence-electron chi connectivity index (χ4n) is 3.12. The largest absolute Gasteiger partial charge is 0.392 e. The molecule has 2 atom stereocenters. The number of amides is 1. The molecular weight excluding hydrogens is 256 g/mol. The van der Waals surface area contributed by atoms with Gasteiger partial charge in [-0.2, -0.15) is 0 Å². The number of hydrogen-bond donors (Lipinski definition) is 2. The van der Waals surface area contributed by atoms with Gasteiger partial charge in [-0.3, -0.25) is 9.69 Å². The van der Waals surface area contributed by atoms with Gasteiger partial charge in [0.25, 0.3) is 0 Å². The van der Waals surface area contributed by atoms with Crippen LogP contribution in [0.15, 0.2) is 0 Å². The molecule has 0 unspecified atom stereocenters. The Bertz CT molecular complexity index is 316. The summed E-state index contributed by atoms with van der Waals surface area (Å²) in [4.78, 5) is 14.5. The van der Waals surface area contributed by atoms with Gasteiger partial charge < -0.3 is 15.2 Å². The Morgan fingerprint density at radius 2 is 2.10 bits per heavy atom. The predicted molar refractivity (Wildman–Crippen MR) is 77.4 cm³/mol. The van der Waals surface area contributed by atoms with Crippen molar-refractivity contribution in [3.63, 3.8) is 0 Å². The van der Waals surface area contributed by atoms with Crippen molar-refractivity contribution in [3.8, 4) is 0 Å². The van der Waals surface area contributed by atoms with E-state index in [1.54, 1.807) is 0 Å². The Morgan fingerprint density at radius 3 is 2.75 bits per heavy atom. The van der Waals surface area contributed by atoms with Crippen molar-refractivity contribution in [1.29, 1.82) is 0 Å². The molecule has 0 bridgehead atoms. The smallest absolute Gasteiger partial charge is 0.237 e. The number of β-amino-alcohol motifs (C(OH)–C–C–N with tert-alkyl or cyclic N) is 1. The minimum atomic E-state index is -0.376. The molecule has 0 spiro atoms. The minimum Gasteiger partial charge on any atom is -0.392 e. The van der Waals surface area contributed by atoms with E-state index in [2.05, 4.69) is 24.1 Å². The molecule has 2 heterocycles. The standard InChI is InChI=1S/C15H28N2O3/c1-11(2)3-6-16-15(19)14-9-13(18)10-17(14)12-4-7-20-8-5-12/h11-14,18H,3-10H2,1-2H3,(H,16,19)/t13-,14+/m1/s1. The summed E-state index contributed by atoms with van der Waals surface area (Å²) in [6.07, 6.45) is 3.10. The van der Waals surface area contributed by atoms with E-state index in [0.29, 0.717) is 24.9 Å². The first-order chi connectivity index (χ1) is 9.58. The lowest BCUT2D eigenvalue weighted by atomic mass is 10.1. The van der Waals surface area contributed by atoms with Crippen molar-refractivity contribution in [1.82, 2.24) is 10.2 Å². The van der Waals surface area contributed by atoms with Crippen LogP contribution in [-0.2, 0) is 9.53 Å². The summed E-state index contributed by atoms with van der Waals surface area (Å²) in [7, 11) is 0. The van der Waals surface area contributed by atoms with Gasteiger partial charge >= 0.3 is 0 Å². The quantitative estimate of drug-likeness (QED) is 0.782. The summed E-state index contributed by atoms with van der Waals surface area (Å²) >= 11 is 0. The molecule has 2 aliphatic rings. The van der Waals surface area contributed by atoms with Crippen LogP contribution in [0.25, 0.3) is 0 Å². The number of rotatable bonds is 5. The zero-order valence-corrected chi connectivity index (χ0v) is 12.7. The first kappa shape index (κ1) is 15.7. The Hall–Kier alpha value is -0.650. The number of carbonyl (C=O) groups is 1. The summed E-state index contributed by atoms with van der Waals surface area (Å²) in [6.45, 7) is 7.18. The monoisotopic (exact) mass is 284 g/mol. The van der Waals surface area contributed by atoms with E-state index in [4.69, 9.17) is 4.74 Å². The predicted octanol–water partition coefficient (Wildman–Crippen LogP) is 0.763. The first-order valence-corrected chi connectivity index (χ1v) is 7.87. The third-order valence-electron chi connectivity index (χ3n) is 4.30. The van der Waals surface area contributed by atoms with E-state index in [-0.39, 0.29) is 18.1 Å². The van der Waals surface area contributed by atoms with Gasteiger partial charge in [-0.1, -0.05) is 13.8 Å². The average molecular weight is 284 g/mol. The molecule has 5 heteroatoms. The number of hydrogen-bond acceptors (Lipinski definition) is 4. The van der Waals surface area contributed by atoms with Crippen molar-refractivity contribution in [2.75, 3.05) is 26.3 Å². The zero-order valence-electron chi connectivity index (χ0n) is 12.7. The van der Waals surface area contributed by atoms with Crippen LogP contribution in [-0.4, -0.2) is 60.4 Å². The number of aliphatic hydroxyl groups is 1. The van der Waals surface area contributed by atoms with Crippen LogP contribution in [0.1, 0.15) is 39.5 Å². The molecule has 1 amide bonds. The highest BCUT2D eigenvalue weighted by Crippen LogP contribution is 2.25. The number of carbonyl (C=O) groups excluding carboxylic acids is 1. The highest BCUT2D eigenvalue weighted by atomic mass is 16.5. The van der Waals surface area contributed by atoms with E-state index >= 15 is 0 Å².